The standard InChI is InChI=1S/C20H23NO4/c1-15-5-3-4-6-17(15)11-12-21-19(22)14-25-18-9-7-16(8-10-18)13-20(23)24-2/h3-10H,11-14H2,1-2H3,(H,21,22). The van der Waals surface area contributed by atoms with Gasteiger partial charge in [0.15, 0.2) is 6.61 Å². The molecule has 0 spiro atoms. The maximum atomic E-state index is 11.8. The summed E-state index contributed by atoms with van der Waals surface area (Å²) in [4.78, 5) is 23.0. The molecule has 2 aromatic carbocycles. The molecule has 0 fully saturated rings. The fraction of sp³-hybridized carbons (Fsp3) is 0.300. The number of carbonyl (C=O) groups is 2. The topological polar surface area (TPSA) is 64.6 Å². The molecule has 2 rings (SSSR count). The number of esters is 1. The molecule has 0 bridgehead atoms. The van der Waals surface area contributed by atoms with Crippen molar-refractivity contribution in [2.45, 2.75) is 19.8 Å². The molecule has 0 heterocycles. The highest BCUT2D eigenvalue weighted by atomic mass is 16.5. The number of hydrogen-bond acceptors (Lipinski definition) is 4. The molecule has 0 radical (unpaired) electrons. The molecule has 0 saturated carbocycles. The van der Waals surface area contributed by atoms with Crippen molar-refractivity contribution in [2.75, 3.05) is 20.3 Å². The molecular formula is C20H23NO4. The van der Waals surface area contributed by atoms with E-state index in [-0.39, 0.29) is 24.9 Å². The first-order chi connectivity index (χ1) is 12.1. The number of ether oxygens (including phenoxy) is 2. The third-order valence-corrected chi connectivity index (χ3v) is 3.85. The second-order valence-corrected chi connectivity index (χ2v) is 5.71. The molecule has 2 aromatic rings. The van der Waals surface area contributed by atoms with E-state index < -0.39 is 0 Å². The van der Waals surface area contributed by atoms with E-state index in [9.17, 15) is 9.59 Å². The maximum absolute atomic E-state index is 11.8. The summed E-state index contributed by atoms with van der Waals surface area (Å²) in [6.07, 6.45) is 1.01. The molecule has 0 aliphatic carbocycles. The van der Waals surface area contributed by atoms with Crippen LogP contribution in [0.4, 0.5) is 0 Å². The van der Waals surface area contributed by atoms with Crippen molar-refractivity contribution in [1.82, 2.24) is 5.32 Å². The molecular weight excluding hydrogens is 318 g/mol. The predicted molar refractivity (Wildman–Crippen MR) is 95.5 cm³/mol. The van der Waals surface area contributed by atoms with Gasteiger partial charge in [-0.25, -0.2) is 0 Å². The lowest BCUT2D eigenvalue weighted by atomic mass is 10.1. The fourth-order valence-electron chi connectivity index (χ4n) is 2.37. The summed E-state index contributed by atoms with van der Waals surface area (Å²) in [6.45, 7) is 2.60. The number of rotatable bonds is 8. The highest BCUT2D eigenvalue weighted by Crippen LogP contribution is 2.13. The number of benzene rings is 2. The maximum Gasteiger partial charge on any atom is 0.309 e. The Hall–Kier alpha value is -2.82. The third kappa shape index (κ3) is 6.30. The van der Waals surface area contributed by atoms with Crippen molar-refractivity contribution in [3.63, 3.8) is 0 Å². The van der Waals surface area contributed by atoms with Gasteiger partial charge in [0.1, 0.15) is 5.75 Å². The van der Waals surface area contributed by atoms with Crippen molar-refractivity contribution in [3.8, 4) is 5.75 Å². The smallest absolute Gasteiger partial charge is 0.309 e. The zero-order valence-electron chi connectivity index (χ0n) is 14.6. The number of carbonyl (C=O) groups excluding carboxylic acids is 2. The van der Waals surface area contributed by atoms with Gasteiger partial charge in [-0.05, 0) is 42.2 Å². The number of nitrogens with one attached hydrogen (secondary N) is 1. The molecule has 1 amide bonds. The first-order valence-corrected chi connectivity index (χ1v) is 8.18. The van der Waals surface area contributed by atoms with Crippen LogP contribution in [0.5, 0.6) is 5.75 Å². The van der Waals surface area contributed by atoms with Gasteiger partial charge in [0.25, 0.3) is 5.91 Å². The van der Waals surface area contributed by atoms with Crippen LogP contribution in [0.2, 0.25) is 0 Å². The lowest BCUT2D eigenvalue weighted by molar-refractivity contribution is -0.139. The van der Waals surface area contributed by atoms with Gasteiger partial charge in [0.2, 0.25) is 0 Å². The Bertz CT molecular complexity index is 710. The van der Waals surface area contributed by atoms with Gasteiger partial charge in [-0.2, -0.15) is 0 Å². The van der Waals surface area contributed by atoms with Crippen LogP contribution in [0.25, 0.3) is 0 Å². The Kier molecular flexibility index (Phi) is 7.01. The van der Waals surface area contributed by atoms with Crippen LogP contribution in [0.1, 0.15) is 16.7 Å². The van der Waals surface area contributed by atoms with Gasteiger partial charge in [0.05, 0.1) is 13.5 Å². The summed E-state index contributed by atoms with van der Waals surface area (Å²) in [7, 11) is 1.36. The quantitative estimate of drug-likeness (QED) is 0.749. The minimum absolute atomic E-state index is 0.0376. The van der Waals surface area contributed by atoms with Gasteiger partial charge < -0.3 is 14.8 Å². The number of amides is 1. The first kappa shape index (κ1) is 18.5. The highest BCUT2D eigenvalue weighted by Gasteiger charge is 2.05. The number of methoxy groups -OCH3 is 1. The van der Waals surface area contributed by atoms with E-state index in [4.69, 9.17) is 4.74 Å². The highest BCUT2D eigenvalue weighted by molar-refractivity contribution is 5.77. The van der Waals surface area contributed by atoms with Gasteiger partial charge in [-0.15, -0.1) is 0 Å². The van der Waals surface area contributed by atoms with Crippen LogP contribution in [-0.4, -0.2) is 32.1 Å². The molecule has 25 heavy (non-hydrogen) atoms. The Morgan fingerprint density at radius 1 is 1.04 bits per heavy atom. The van der Waals surface area contributed by atoms with Crippen molar-refractivity contribution in [3.05, 3.63) is 65.2 Å². The molecule has 0 unspecified atom stereocenters. The zero-order valence-corrected chi connectivity index (χ0v) is 14.6. The van der Waals surface area contributed by atoms with Crippen LogP contribution in [0.15, 0.2) is 48.5 Å². The number of hydrogen-bond donors (Lipinski definition) is 1. The average Bonchev–Trinajstić information content (AvgIpc) is 2.62. The molecule has 0 aromatic heterocycles. The van der Waals surface area contributed by atoms with Gasteiger partial charge >= 0.3 is 5.97 Å². The third-order valence-electron chi connectivity index (χ3n) is 3.85. The minimum Gasteiger partial charge on any atom is -0.484 e. The van der Waals surface area contributed by atoms with Gasteiger partial charge in [-0.1, -0.05) is 36.4 Å². The summed E-state index contributed by atoms with van der Waals surface area (Å²) < 4.78 is 10.1. The summed E-state index contributed by atoms with van der Waals surface area (Å²) in [5.41, 5.74) is 3.28. The minimum atomic E-state index is -0.290. The molecule has 0 atom stereocenters. The lowest BCUT2D eigenvalue weighted by Crippen LogP contribution is -2.30. The molecule has 0 aliphatic heterocycles. The van der Waals surface area contributed by atoms with E-state index >= 15 is 0 Å². The summed E-state index contributed by atoms with van der Waals surface area (Å²) in [5, 5.41) is 2.85. The molecule has 5 heteroatoms. The normalized spacial score (nSPS) is 10.2. The summed E-state index contributed by atoms with van der Waals surface area (Å²) in [5.74, 6) is 0.136. The van der Waals surface area contributed by atoms with Crippen molar-refractivity contribution in [2.24, 2.45) is 0 Å². The number of aryl methyl sites for hydroxylation is 1. The monoisotopic (exact) mass is 341 g/mol. The van der Waals surface area contributed by atoms with Gasteiger partial charge in [-0.3, -0.25) is 9.59 Å². The van der Waals surface area contributed by atoms with Crippen LogP contribution in [0.3, 0.4) is 0 Å². The van der Waals surface area contributed by atoms with E-state index in [2.05, 4.69) is 29.1 Å². The van der Waals surface area contributed by atoms with Gasteiger partial charge in [0, 0.05) is 6.54 Å². The lowest BCUT2D eigenvalue weighted by Gasteiger charge is -2.09. The van der Waals surface area contributed by atoms with Crippen molar-refractivity contribution in [1.29, 1.82) is 0 Å². The molecule has 0 saturated heterocycles. The summed E-state index contributed by atoms with van der Waals surface area (Å²) >= 11 is 0. The van der Waals surface area contributed by atoms with Crippen molar-refractivity contribution < 1.29 is 19.1 Å². The van der Waals surface area contributed by atoms with E-state index in [0.717, 1.165) is 12.0 Å². The summed E-state index contributed by atoms with van der Waals surface area (Å²) in [6, 6.07) is 15.2. The Morgan fingerprint density at radius 2 is 1.76 bits per heavy atom. The Morgan fingerprint density at radius 3 is 2.44 bits per heavy atom. The van der Waals surface area contributed by atoms with E-state index in [1.165, 1.54) is 18.2 Å². The van der Waals surface area contributed by atoms with E-state index in [1.807, 2.05) is 12.1 Å². The first-order valence-electron chi connectivity index (χ1n) is 8.18. The van der Waals surface area contributed by atoms with Crippen LogP contribution < -0.4 is 10.1 Å². The molecule has 5 nitrogen and oxygen atoms in total. The average molecular weight is 341 g/mol. The van der Waals surface area contributed by atoms with Crippen LogP contribution in [-0.2, 0) is 27.2 Å². The second-order valence-electron chi connectivity index (χ2n) is 5.71. The largest absolute Gasteiger partial charge is 0.484 e. The molecule has 1 N–H and O–H groups in total. The Balaban J connectivity index is 1.71. The van der Waals surface area contributed by atoms with E-state index in [0.29, 0.717) is 12.3 Å². The zero-order chi connectivity index (χ0) is 18.1. The molecule has 0 aliphatic rings. The predicted octanol–water partition coefficient (Wildman–Crippen LogP) is 2.45. The van der Waals surface area contributed by atoms with Crippen LogP contribution in [0, 0.1) is 6.92 Å². The SMILES string of the molecule is COC(=O)Cc1ccc(OCC(=O)NCCc2ccccc2C)cc1. The van der Waals surface area contributed by atoms with E-state index in [1.54, 1.807) is 24.3 Å². The van der Waals surface area contributed by atoms with Crippen molar-refractivity contribution >= 4 is 11.9 Å². The van der Waals surface area contributed by atoms with Crippen LogP contribution >= 0.6 is 0 Å². The fourth-order valence-corrected chi connectivity index (χ4v) is 2.37. The Labute approximate surface area is 148 Å². The second kappa shape index (κ2) is 9.47. The molecule has 132 valence electrons.